The maximum Gasteiger partial charge on any atom is 0.133 e. The maximum atomic E-state index is 5.92. The zero-order valence-electron chi connectivity index (χ0n) is 11.7. The number of rotatable bonds is 3. The Hall–Kier alpha value is -1.13. The minimum absolute atomic E-state index is 0.533. The lowest BCUT2D eigenvalue weighted by molar-refractivity contribution is 0.0853. The molecule has 0 unspecified atom stereocenters. The third kappa shape index (κ3) is 2.47. The van der Waals surface area contributed by atoms with Crippen LogP contribution in [-0.2, 0) is 24.1 Å². The van der Waals surface area contributed by atoms with E-state index in [2.05, 4.69) is 18.0 Å². The zero-order chi connectivity index (χ0) is 13.2. The van der Waals surface area contributed by atoms with Gasteiger partial charge in [-0.1, -0.05) is 0 Å². The summed E-state index contributed by atoms with van der Waals surface area (Å²) in [4.78, 5) is 7.23. The number of anilines is 1. The Morgan fingerprint density at radius 2 is 2.16 bits per heavy atom. The third-order valence-electron chi connectivity index (χ3n) is 4.40. The Morgan fingerprint density at radius 1 is 1.37 bits per heavy atom. The first-order valence-electron chi connectivity index (χ1n) is 7.32. The predicted molar refractivity (Wildman–Crippen MR) is 76.4 cm³/mol. The summed E-state index contributed by atoms with van der Waals surface area (Å²) in [6.07, 6.45) is 5.68. The van der Waals surface area contributed by atoms with Gasteiger partial charge in [-0.25, -0.2) is 4.98 Å². The third-order valence-corrected chi connectivity index (χ3v) is 4.40. The molecule has 0 saturated carbocycles. The van der Waals surface area contributed by atoms with E-state index in [1.165, 1.54) is 23.2 Å². The molecule has 1 aromatic heterocycles. The van der Waals surface area contributed by atoms with Crippen LogP contribution in [0.3, 0.4) is 0 Å². The molecule has 0 aromatic carbocycles. The summed E-state index contributed by atoms with van der Waals surface area (Å²) >= 11 is 0. The molecule has 4 nitrogen and oxygen atoms in total. The van der Waals surface area contributed by atoms with Crippen molar-refractivity contribution in [3.05, 3.63) is 22.9 Å². The summed E-state index contributed by atoms with van der Waals surface area (Å²) in [6, 6.07) is 2.81. The molecule has 2 heterocycles. The van der Waals surface area contributed by atoms with Crippen molar-refractivity contribution in [2.24, 2.45) is 5.73 Å². The molecule has 19 heavy (non-hydrogen) atoms. The molecule has 104 valence electrons. The molecule has 1 saturated heterocycles. The average molecular weight is 261 g/mol. The highest BCUT2D eigenvalue weighted by molar-refractivity contribution is 5.51. The Balaban J connectivity index is 1.89. The molecule has 4 heteroatoms. The van der Waals surface area contributed by atoms with Gasteiger partial charge in [0.15, 0.2) is 0 Å². The lowest BCUT2D eigenvalue weighted by Crippen LogP contribution is -2.38. The molecule has 0 atom stereocenters. The quantitative estimate of drug-likeness (QED) is 0.899. The van der Waals surface area contributed by atoms with E-state index < -0.39 is 0 Å². The van der Waals surface area contributed by atoms with Gasteiger partial charge in [0.25, 0.3) is 0 Å². The summed E-state index contributed by atoms with van der Waals surface area (Å²) < 4.78 is 5.44. The first kappa shape index (κ1) is 12.9. The van der Waals surface area contributed by atoms with Gasteiger partial charge in [0, 0.05) is 44.1 Å². The van der Waals surface area contributed by atoms with Crippen LogP contribution in [0.5, 0.6) is 0 Å². The zero-order valence-corrected chi connectivity index (χ0v) is 11.7. The number of nitrogens with zero attached hydrogens (tertiary/aromatic N) is 2. The summed E-state index contributed by atoms with van der Waals surface area (Å²) in [7, 11) is 2.15. The molecule has 2 aliphatic rings. The van der Waals surface area contributed by atoms with E-state index in [1.54, 1.807) is 0 Å². The summed E-state index contributed by atoms with van der Waals surface area (Å²) in [5.74, 6) is 1.09. The molecule has 0 bridgehead atoms. The smallest absolute Gasteiger partial charge is 0.133 e. The van der Waals surface area contributed by atoms with Crippen molar-refractivity contribution in [3.8, 4) is 0 Å². The van der Waals surface area contributed by atoms with Crippen molar-refractivity contribution in [1.29, 1.82) is 0 Å². The fraction of sp³-hybridized carbons (Fsp3) is 0.667. The van der Waals surface area contributed by atoms with Gasteiger partial charge in [0.05, 0.1) is 0 Å². The lowest BCUT2D eigenvalue weighted by atomic mass is 10.1. The number of aromatic nitrogens is 1. The highest BCUT2D eigenvalue weighted by Gasteiger charge is 2.23. The molecule has 3 rings (SSSR count). The normalized spacial score (nSPS) is 19.5. The summed E-state index contributed by atoms with van der Waals surface area (Å²) in [6.45, 7) is 2.29. The van der Waals surface area contributed by atoms with E-state index in [0.717, 1.165) is 44.7 Å². The van der Waals surface area contributed by atoms with Crippen molar-refractivity contribution < 1.29 is 4.74 Å². The molecule has 1 aliphatic carbocycles. The van der Waals surface area contributed by atoms with Crippen LogP contribution in [0.25, 0.3) is 0 Å². The minimum Gasteiger partial charge on any atom is -0.381 e. The van der Waals surface area contributed by atoms with E-state index in [1.807, 2.05) is 0 Å². The van der Waals surface area contributed by atoms with Crippen LogP contribution in [0.4, 0.5) is 5.82 Å². The lowest BCUT2D eigenvalue weighted by Gasteiger charge is -2.33. The van der Waals surface area contributed by atoms with Gasteiger partial charge in [-0.05, 0) is 43.7 Å². The standard InChI is InChI=1S/C15H23N3O/c1-18(13-5-7-19-8-6-13)15-12(10-16)9-11-3-2-4-14(11)17-15/h9,13H,2-8,10,16H2,1H3. The molecule has 0 amide bonds. The van der Waals surface area contributed by atoms with E-state index in [0.29, 0.717) is 12.6 Å². The molecule has 0 radical (unpaired) electrons. The fourth-order valence-corrected chi connectivity index (χ4v) is 3.21. The summed E-state index contributed by atoms with van der Waals surface area (Å²) in [5.41, 5.74) is 9.80. The van der Waals surface area contributed by atoms with Crippen molar-refractivity contribution in [2.75, 3.05) is 25.2 Å². The number of hydrogen-bond donors (Lipinski definition) is 1. The number of nitrogens with two attached hydrogens (primary N) is 1. The fourth-order valence-electron chi connectivity index (χ4n) is 3.21. The van der Waals surface area contributed by atoms with E-state index >= 15 is 0 Å². The van der Waals surface area contributed by atoms with E-state index in [9.17, 15) is 0 Å². The topological polar surface area (TPSA) is 51.4 Å². The number of hydrogen-bond acceptors (Lipinski definition) is 4. The van der Waals surface area contributed by atoms with Crippen molar-refractivity contribution in [1.82, 2.24) is 4.98 Å². The minimum atomic E-state index is 0.533. The van der Waals surface area contributed by atoms with Crippen LogP contribution in [0, 0.1) is 0 Å². The first-order chi connectivity index (χ1) is 9.29. The Bertz CT molecular complexity index is 455. The maximum absolute atomic E-state index is 5.92. The van der Waals surface area contributed by atoms with Gasteiger partial charge >= 0.3 is 0 Å². The molecule has 1 aromatic rings. The van der Waals surface area contributed by atoms with Gasteiger partial charge in [-0.2, -0.15) is 0 Å². The molecular weight excluding hydrogens is 238 g/mol. The second-order valence-corrected chi connectivity index (χ2v) is 5.59. The number of fused-ring (bicyclic) bond motifs is 1. The Labute approximate surface area is 115 Å². The second kappa shape index (κ2) is 5.47. The molecule has 1 aliphatic heterocycles. The predicted octanol–water partition coefficient (Wildman–Crippen LogP) is 1.64. The van der Waals surface area contributed by atoms with Crippen LogP contribution in [0.1, 0.15) is 36.1 Å². The second-order valence-electron chi connectivity index (χ2n) is 5.59. The van der Waals surface area contributed by atoms with E-state index in [4.69, 9.17) is 15.5 Å². The number of aryl methyl sites for hydroxylation is 2. The number of pyridine rings is 1. The van der Waals surface area contributed by atoms with Crippen molar-refractivity contribution in [3.63, 3.8) is 0 Å². The van der Waals surface area contributed by atoms with Crippen LogP contribution in [0.2, 0.25) is 0 Å². The van der Waals surface area contributed by atoms with Gasteiger partial charge in [0.1, 0.15) is 5.82 Å². The highest BCUT2D eigenvalue weighted by Crippen LogP contribution is 2.29. The molecule has 1 fully saturated rings. The van der Waals surface area contributed by atoms with Gasteiger partial charge in [0.2, 0.25) is 0 Å². The average Bonchev–Trinajstić information content (AvgIpc) is 2.93. The van der Waals surface area contributed by atoms with Crippen LogP contribution < -0.4 is 10.6 Å². The monoisotopic (exact) mass is 261 g/mol. The van der Waals surface area contributed by atoms with Gasteiger partial charge in [-0.3, -0.25) is 0 Å². The summed E-state index contributed by atoms with van der Waals surface area (Å²) in [5, 5.41) is 0. The Kier molecular flexibility index (Phi) is 3.71. The van der Waals surface area contributed by atoms with Gasteiger partial charge in [-0.15, -0.1) is 0 Å². The molecular formula is C15H23N3O. The first-order valence-corrected chi connectivity index (χ1v) is 7.32. The number of ether oxygens (including phenoxy) is 1. The Morgan fingerprint density at radius 3 is 2.89 bits per heavy atom. The molecule has 2 N–H and O–H groups in total. The van der Waals surface area contributed by atoms with Crippen LogP contribution in [0.15, 0.2) is 6.07 Å². The SMILES string of the molecule is CN(c1nc2c(cc1CN)CCC2)C1CCOCC1. The molecule has 0 spiro atoms. The van der Waals surface area contributed by atoms with Crippen LogP contribution >= 0.6 is 0 Å². The largest absolute Gasteiger partial charge is 0.381 e. The van der Waals surface area contributed by atoms with Crippen molar-refractivity contribution >= 4 is 5.82 Å². The van der Waals surface area contributed by atoms with Gasteiger partial charge < -0.3 is 15.4 Å². The highest BCUT2D eigenvalue weighted by atomic mass is 16.5. The van der Waals surface area contributed by atoms with Crippen molar-refractivity contribution in [2.45, 2.75) is 44.7 Å². The van der Waals surface area contributed by atoms with Crippen LogP contribution in [-0.4, -0.2) is 31.3 Å². The van der Waals surface area contributed by atoms with E-state index in [-0.39, 0.29) is 0 Å².